The van der Waals surface area contributed by atoms with Crippen LogP contribution in [0.1, 0.15) is 10.4 Å². The summed E-state index contributed by atoms with van der Waals surface area (Å²) in [6.45, 7) is 0. The molecule has 0 bridgehead atoms. The number of halogens is 1. The van der Waals surface area contributed by atoms with Crippen molar-refractivity contribution in [1.29, 1.82) is 0 Å². The van der Waals surface area contributed by atoms with Crippen LogP contribution in [0.2, 0.25) is 0 Å². The molecule has 3 N–H and O–H groups in total. The van der Waals surface area contributed by atoms with Crippen molar-refractivity contribution in [2.24, 2.45) is 0 Å². The first-order valence-electron chi connectivity index (χ1n) is 4.93. The molecule has 0 aliphatic heterocycles. The third kappa shape index (κ3) is 2.82. The molecule has 5 heteroatoms. The molecule has 0 saturated carbocycles. The Labute approximate surface area is 107 Å². The molecule has 1 aromatic carbocycles. The molecule has 0 aliphatic rings. The maximum atomic E-state index is 11.9. The van der Waals surface area contributed by atoms with Crippen LogP contribution in [0.5, 0.6) is 0 Å². The van der Waals surface area contributed by atoms with E-state index in [-0.39, 0.29) is 5.91 Å². The van der Waals surface area contributed by atoms with Crippen LogP contribution >= 0.6 is 15.9 Å². The van der Waals surface area contributed by atoms with Crippen LogP contribution in [0.4, 0.5) is 11.4 Å². The summed E-state index contributed by atoms with van der Waals surface area (Å²) in [7, 11) is 0. The van der Waals surface area contributed by atoms with Crippen LogP contribution in [0.15, 0.2) is 47.2 Å². The van der Waals surface area contributed by atoms with Crippen LogP contribution < -0.4 is 11.1 Å². The van der Waals surface area contributed by atoms with Crippen molar-refractivity contribution < 1.29 is 4.79 Å². The summed E-state index contributed by atoms with van der Waals surface area (Å²) in [6.07, 6.45) is 3.23. The number of amides is 1. The number of hydrogen-bond acceptors (Lipinski definition) is 3. The predicted octanol–water partition coefficient (Wildman–Crippen LogP) is 2.68. The molecular formula is C12H10BrN3O. The predicted molar refractivity (Wildman–Crippen MR) is 70.7 cm³/mol. The first kappa shape index (κ1) is 11.6. The standard InChI is InChI=1S/C12H10BrN3O/c13-10-4-3-8(6-11(10)14)12(17)16-9-2-1-5-15-7-9/h1-7H,14H2,(H,16,17). The average molecular weight is 292 g/mol. The Morgan fingerprint density at radius 2 is 2.18 bits per heavy atom. The molecule has 0 unspecified atom stereocenters. The summed E-state index contributed by atoms with van der Waals surface area (Å²) >= 11 is 3.28. The molecule has 0 aliphatic carbocycles. The number of rotatable bonds is 2. The first-order valence-corrected chi connectivity index (χ1v) is 5.72. The van der Waals surface area contributed by atoms with Gasteiger partial charge in [-0.3, -0.25) is 9.78 Å². The van der Waals surface area contributed by atoms with E-state index < -0.39 is 0 Å². The number of nitrogens with one attached hydrogen (secondary N) is 1. The molecule has 2 rings (SSSR count). The van der Waals surface area contributed by atoms with Crippen molar-refractivity contribution in [2.75, 3.05) is 11.1 Å². The highest BCUT2D eigenvalue weighted by atomic mass is 79.9. The molecule has 0 saturated heterocycles. The van der Waals surface area contributed by atoms with E-state index in [1.807, 2.05) is 0 Å². The fourth-order valence-electron chi connectivity index (χ4n) is 1.32. The van der Waals surface area contributed by atoms with E-state index in [0.29, 0.717) is 16.9 Å². The highest BCUT2D eigenvalue weighted by molar-refractivity contribution is 9.10. The Morgan fingerprint density at radius 3 is 2.82 bits per heavy atom. The van der Waals surface area contributed by atoms with Crippen LogP contribution in [-0.2, 0) is 0 Å². The van der Waals surface area contributed by atoms with Gasteiger partial charge in [0.25, 0.3) is 5.91 Å². The van der Waals surface area contributed by atoms with E-state index >= 15 is 0 Å². The quantitative estimate of drug-likeness (QED) is 0.836. The highest BCUT2D eigenvalue weighted by Gasteiger charge is 2.07. The topological polar surface area (TPSA) is 68.0 Å². The molecular weight excluding hydrogens is 282 g/mol. The number of carbonyl (C=O) groups is 1. The van der Waals surface area contributed by atoms with Crippen LogP contribution in [0.25, 0.3) is 0 Å². The number of nitrogen functional groups attached to an aromatic ring is 1. The van der Waals surface area contributed by atoms with Crippen molar-refractivity contribution in [2.45, 2.75) is 0 Å². The van der Waals surface area contributed by atoms with E-state index in [2.05, 4.69) is 26.2 Å². The number of nitrogens with two attached hydrogens (primary N) is 1. The second kappa shape index (κ2) is 4.97. The second-order valence-corrected chi connectivity index (χ2v) is 4.29. The Kier molecular flexibility index (Phi) is 3.39. The summed E-state index contributed by atoms with van der Waals surface area (Å²) in [6, 6.07) is 8.59. The maximum absolute atomic E-state index is 11.9. The largest absolute Gasteiger partial charge is 0.398 e. The monoisotopic (exact) mass is 291 g/mol. The molecule has 0 fully saturated rings. The number of nitrogens with zero attached hydrogens (tertiary/aromatic N) is 1. The van der Waals surface area contributed by atoms with E-state index in [4.69, 9.17) is 5.73 Å². The van der Waals surface area contributed by atoms with Gasteiger partial charge in [0.15, 0.2) is 0 Å². The fraction of sp³-hybridized carbons (Fsp3) is 0. The number of anilines is 2. The summed E-state index contributed by atoms with van der Waals surface area (Å²) < 4.78 is 0.774. The molecule has 86 valence electrons. The number of aromatic nitrogens is 1. The molecule has 17 heavy (non-hydrogen) atoms. The van der Waals surface area contributed by atoms with Crippen LogP contribution in [0.3, 0.4) is 0 Å². The zero-order chi connectivity index (χ0) is 12.3. The zero-order valence-electron chi connectivity index (χ0n) is 8.85. The number of pyridine rings is 1. The molecule has 1 aromatic heterocycles. The van der Waals surface area contributed by atoms with Gasteiger partial charge in [-0.25, -0.2) is 0 Å². The molecule has 0 radical (unpaired) electrons. The smallest absolute Gasteiger partial charge is 0.255 e. The summed E-state index contributed by atoms with van der Waals surface area (Å²) in [5.41, 5.74) is 7.40. The summed E-state index contributed by atoms with van der Waals surface area (Å²) in [5.74, 6) is -0.211. The third-order valence-electron chi connectivity index (χ3n) is 2.18. The lowest BCUT2D eigenvalue weighted by Gasteiger charge is -2.06. The van der Waals surface area contributed by atoms with Crippen LogP contribution in [0, 0.1) is 0 Å². The molecule has 2 aromatic rings. The van der Waals surface area contributed by atoms with Gasteiger partial charge in [0, 0.05) is 21.9 Å². The van der Waals surface area contributed by atoms with E-state index in [1.54, 1.807) is 42.7 Å². The molecule has 0 atom stereocenters. The van der Waals surface area contributed by atoms with E-state index in [0.717, 1.165) is 4.47 Å². The molecule has 0 spiro atoms. The van der Waals surface area contributed by atoms with Gasteiger partial charge >= 0.3 is 0 Å². The van der Waals surface area contributed by atoms with Crippen molar-refractivity contribution in [3.63, 3.8) is 0 Å². The van der Waals surface area contributed by atoms with Gasteiger partial charge in [0.05, 0.1) is 11.9 Å². The summed E-state index contributed by atoms with van der Waals surface area (Å²) in [5, 5.41) is 2.73. The lowest BCUT2D eigenvalue weighted by molar-refractivity contribution is 0.102. The Morgan fingerprint density at radius 1 is 1.35 bits per heavy atom. The summed E-state index contributed by atoms with van der Waals surface area (Å²) in [4.78, 5) is 15.8. The van der Waals surface area contributed by atoms with Gasteiger partial charge < -0.3 is 11.1 Å². The highest BCUT2D eigenvalue weighted by Crippen LogP contribution is 2.20. The zero-order valence-corrected chi connectivity index (χ0v) is 10.4. The lowest BCUT2D eigenvalue weighted by atomic mass is 10.2. The van der Waals surface area contributed by atoms with Gasteiger partial charge in [-0.15, -0.1) is 0 Å². The lowest BCUT2D eigenvalue weighted by Crippen LogP contribution is -2.12. The Balaban J connectivity index is 2.18. The van der Waals surface area contributed by atoms with Crippen LogP contribution in [-0.4, -0.2) is 10.9 Å². The van der Waals surface area contributed by atoms with Gasteiger partial charge in [-0.1, -0.05) is 0 Å². The number of benzene rings is 1. The minimum atomic E-state index is -0.211. The fourth-order valence-corrected chi connectivity index (χ4v) is 1.57. The van der Waals surface area contributed by atoms with Crippen molar-refractivity contribution in [3.8, 4) is 0 Å². The van der Waals surface area contributed by atoms with Gasteiger partial charge in [0.1, 0.15) is 0 Å². The second-order valence-electron chi connectivity index (χ2n) is 3.43. The van der Waals surface area contributed by atoms with Gasteiger partial charge in [-0.2, -0.15) is 0 Å². The maximum Gasteiger partial charge on any atom is 0.255 e. The van der Waals surface area contributed by atoms with E-state index in [1.165, 1.54) is 0 Å². The Hall–Kier alpha value is -1.88. The minimum Gasteiger partial charge on any atom is -0.398 e. The molecule has 1 amide bonds. The minimum absolute atomic E-state index is 0.211. The number of hydrogen-bond donors (Lipinski definition) is 2. The Bertz CT molecular complexity index is 543. The van der Waals surface area contributed by atoms with Crippen molar-refractivity contribution in [1.82, 2.24) is 4.98 Å². The van der Waals surface area contributed by atoms with E-state index in [9.17, 15) is 4.79 Å². The SMILES string of the molecule is Nc1cc(C(=O)Nc2cccnc2)ccc1Br. The third-order valence-corrected chi connectivity index (χ3v) is 2.90. The normalized spacial score (nSPS) is 9.94. The van der Waals surface area contributed by atoms with Gasteiger partial charge in [0.2, 0.25) is 0 Å². The van der Waals surface area contributed by atoms with Gasteiger partial charge in [-0.05, 0) is 46.3 Å². The first-order chi connectivity index (χ1) is 8.16. The van der Waals surface area contributed by atoms with Crippen molar-refractivity contribution >= 4 is 33.2 Å². The molecule has 4 nitrogen and oxygen atoms in total. The average Bonchev–Trinajstić information content (AvgIpc) is 2.34. The number of carbonyl (C=O) groups excluding carboxylic acids is 1. The van der Waals surface area contributed by atoms with Crippen molar-refractivity contribution in [3.05, 3.63) is 52.8 Å². The molecule has 1 heterocycles.